The van der Waals surface area contributed by atoms with Crippen LogP contribution in [0.4, 0.5) is 5.82 Å². The van der Waals surface area contributed by atoms with Crippen molar-refractivity contribution in [2.75, 3.05) is 18.6 Å². The number of aromatic amines is 1. The minimum Gasteiger partial charge on any atom is -0.377 e. The van der Waals surface area contributed by atoms with Crippen molar-refractivity contribution >= 4 is 21.7 Å². The summed E-state index contributed by atoms with van der Waals surface area (Å²) in [6.07, 6.45) is 2.27. The van der Waals surface area contributed by atoms with Crippen molar-refractivity contribution in [2.45, 2.75) is 33.0 Å². The minimum absolute atomic E-state index is 0.416. The third-order valence-corrected chi connectivity index (χ3v) is 3.63. The van der Waals surface area contributed by atoms with Crippen LogP contribution in [0.25, 0.3) is 11.5 Å². The van der Waals surface area contributed by atoms with Crippen LogP contribution < -0.4 is 4.90 Å². The number of methoxy groups -OCH3 is 1. The fraction of sp³-hybridized carbons (Fsp3) is 0.583. The Morgan fingerprint density at radius 2 is 2.25 bits per heavy atom. The van der Waals surface area contributed by atoms with E-state index in [2.05, 4.69) is 47.8 Å². The fourth-order valence-electron chi connectivity index (χ4n) is 2.34. The van der Waals surface area contributed by atoms with Gasteiger partial charge in [-0.1, -0.05) is 13.3 Å². The van der Waals surface area contributed by atoms with Gasteiger partial charge in [0, 0.05) is 13.7 Å². The Morgan fingerprint density at radius 3 is 3.00 bits per heavy atom. The summed E-state index contributed by atoms with van der Waals surface area (Å²) in [5.74, 6) is 2.45. The number of ether oxygens (including phenoxy) is 1. The number of aromatic nitrogens is 5. The average molecular weight is 341 g/mol. The monoisotopic (exact) mass is 340 g/mol. The lowest BCUT2D eigenvalue weighted by molar-refractivity contribution is 0.177. The summed E-state index contributed by atoms with van der Waals surface area (Å²) in [5, 5.41) is 4.48. The van der Waals surface area contributed by atoms with Gasteiger partial charge in [-0.15, -0.1) is 0 Å². The van der Waals surface area contributed by atoms with Crippen LogP contribution in [0.2, 0.25) is 0 Å². The molecule has 0 saturated carbocycles. The number of imidazole rings is 1. The molecule has 0 unspecified atom stereocenters. The molecule has 0 bridgehead atoms. The van der Waals surface area contributed by atoms with Crippen LogP contribution in [-0.2, 0) is 18.0 Å². The molecular weight excluding hydrogens is 324 g/mol. The second kappa shape index (κ2) is 5.53. The molecule has 2 aromatic heterocycles. The van der Waals surface area contributed by atoms with E-state index in [0.717, 1.165) is 36.7 Å². The molecule has 0 fully saturated rings. The number of hydrogen-bond donors (Lipinski definition) is 1. The normalized spacial score (nSPS) is 13.4. The lowest BCUT2D eigenvalue weighted by atomic mass is 10.3. The zero-order valence-electron chi connectivity index (χ0n) is 11.6. The van der Waals surface area contributed by atoms with E-state index in [1.54, 1.807) is 7.11 Å². The summed E-state index contributed by atoms with van der Waals surface area (Å²) in [4.78, 5) is 14.5. The number of anilines is 1. The van der Waals surface area contributed by atoms with Crippen molar-refractivity contribution in [1.29, 1.82) is 0 Å². The van der Waals surface area contributed by atoms with Gasteiger partial charge < -0.3 is 14.6 Å². The molecule has 0 aliphatic carbocycles. The Bertz CT molecular complexity index is 607. The summed E-state index contributed by atoms with van der Waals surface area (Å²) >= 11 is 3.40. The van der Waals surface area contributed by atoms with Gasteiger partial charge in [-0.25, -0.2) is 14.6 Å². The average Bonchev–Trinajstić information content (AvgIpc) is 2.98. The van der Waals surface area contributed by atoms with E-state index in [1.807, 2.05) is 4.68 Å². The Labute approximate surface area is 125 Å². The molecule has 2 aromatic rings. The van der Waals surface area contributed by atoms with Crippen LogP contribution in [0.1, 0.15) is 25.6 Å². The highest BCUT2D eigenvalue weighted by Crippen LogP contribution is 2.33. The number of fused-ring (bicyclic) bond motifs is 3. The summed E-state index contributed by atoms with van der Waals surface area (Å²) in [5.41, 5.74) is 0.911. The van der Waals surface area contributed by atoms with E-state index < -0.39 is 0 Å². The van der Waals surface area contributed by atoms with Crippen molar-refractivity contribution in [1.82, 2.24) is 24.7 Å². The van der Waals surface area contributed by atoms with Gasteiger partial charge in [-0.05, 0) is 22.4 Å². The predicted molar refractivity (Wildman–Crippen MR) is 78.3 cm³/mol. The summed E-state index contributed by atoms with van der Waals surface area (Å²) < 4.78 is 7.72. The molecule has 3 heterocycles. The third-order valence-electron chi connectivity index (χ3n) is 3.25. The predicted octanol–water partition coefficient (Wildman–Crippen LogP) is 2.15. The van der Waals surface area contributed by atoms with Gasteiger partial charge in [0.1, 0.15) is 19.0 Å². The number of unbranched alkanes of at least 4 members (excludes halogenated alkanes) is 1. The molecule has 0 aromatic carbocycles. The first-order chi connectivity index (χ1) is 9.72. The van der Waals surface area contributed by atoms with E-state index in [4.69, 9.17) is 4.74 Å². The highest BCUT2D eigenvalue weighted by Gasteiger charge is 2.28. The second-order valence-corrected chi connectivity index (χ2v) is 5.52. The minimum atomic E-state index is 0.416. The van der Waals surface area contributed by atoms with Crippen molar-refractivity contribution in [3.8, 4) is 11.5 Å². The molecule has 0 radical (unpaired) electrons. The molecule has 0 atom stereocenters. The number of nitrogens with one attached hydrogen (secondary N) is 1. The van der Waals surface area contributed by atoms with Gasteiger partial charge in [0.05, 0.1) is 0 Å². The first-order valence-electron chi connectivity index (χ1n) is 6.66. The van der Waals surface area contributed by atoms with Crippen LogP contribution in [0, 0.1) is 0 Å². The quantitative estimate of drug-likeness (QED) is 0.902. The number of rotatable bonds is 5. The molecular formula is C12H17BrN6O. The molecule has 7 nitrogen and oxygen atoms in total. The lowest BCUT2D eigenvalue weighted by Gasteiger charge is -2.27. The first-order valence-corrected chi connectivity index (χ1v) is 7.45. The third kappa shape index (κ3) is 2.33. The molecule has 8 heteroatoms. The highest BCUT2D eigenvalue weighted by molar-refractivity contribution is 9.10. The smallest absolute Gasteiger partial charge is 0.180 e. The zero-order chi connectivity index (χ0) is 14.1. The maximum absolute atomic E-state index is 5.10. The van der Waals surface area contributed by atoms with Gasteiger partial charge in [0.2, 0.25) is 0 Å². The van der Waals surface area contributed by atoms with Gasteiger partial charge in [0.15, 0.2) is 22.2 Å². The van der Waals surface area contributed by atoms with Gasteiger partial charge in [-0.3, -0.25) is 0 Å². The summed E-state index contributed by atoms with van der Waals surface area (Å²) in [7, 11) is 1.64. The van der Waals surface area contributed by atoms with E-state index in [-0.39, 0.29) is 0 Å². The topological polar surface area (TPSA) is 71.9 Å². The molecule has 0 saturated heterocycles. The summed E-state index contributed by atoms with van der Waals surface area (Å²) in [6.45, 7) is 4.23. The molecule has 1 aliphatic heterocycles. The van der Waals surface area contributed by atoms with E-state index in [0.29, 0.717) is 23.8 Å². The van der Waals surface area contributed by atoms with E-state index >= 15 is 0 Å². The Kier molecular flexibility index (Phi) is 3.75. The van der Waals surface area contributed by atoms with E-state index in [1.165, 1.54) is 0 Å². The lowest BCUT2D eigenvalue weighted by Crippen LogP contribution is -2.32. The molecule has 1 aliphatic rings. The number of halogens is 1. The van der Waals surface area contributed by atoms with Crippen LogP contribution >= 0.6 is 15.9 Å². The van der Waals surface area contributed by atoms with Crippen LogP contribution in [0.3, 0.4) is 0 Å². The SMILES string of the molecule is CCCCN1Cn2nc(COC)nc2-c2[nH]c(Br)nc21. The van der Waals surface area contributed by atoms with Gasteiger partial charge >= 0.3 is 0 Å². The number of H-pyrrole nitrogens is 1. The number of hydrogen-bond acceptors (Lipinski definition) is 5. The zero-order valence-corrected chi connectivity index (χ0v) is 13.1. The van der Waals surface area contributed by atoms with E-state index in [9.17, 15) is 0 Å². The molecule has 108 valence electrons. The number of nitrogens with zero attached hydrogens (tertiary/aromatic N) is 5. The van der Waals surface area contributed by atoms with Gasteiger partial charge in [-0.2, -0.15) is 5.10 Å². The van der Waals surface area contributed by atoms with Crippen molar-refractivity contribution in [3.63, 3.8) is 0 Å². The van der Waals surface area contributed by atoms with Gasteiger partial charge in [0.25, 0.3) is 0 Å². The van der Waals surface area contributed by atoms with Crippen LogP contribution in [0.15, 0.2) is 4.73 Å². The van der Waals surface area contributed by atoms with Crippen molar-refractivity contribution in [2.24, 2.45) is 0 Å². The maximum Gasteiger partial charge on any atom is 0.180 e. The summed E-state index contributed by atoms with van der Waals surface area (Å²) in [6, 6.07) is 0. The Balaban J connectivity index is 1.98. The highest BCUT2D eigenvalue weighted by atomic mass is 79.9. The Morgan fingerprint density at radius 1 is 1.40 bits per heavy atom. The molecule has 20 heavy (non-hydrogen) atoms. The maximum atomic E-state index is 5.10. The van der Waals surface area contributed by atoms with Crippen molar-refractivity contribution in [3.05, 3.63) is 10.6 Å². The van der Waals surface area contributed by atoms with Crippen LogP contribution in [0.5, 0.6) is 0 Å². The first kappa shape index (κ1) is 13.6. The fourth-order valence-corrected chi connectivity index (χ4v) is 2.70. The standard InChI is InChI=1S/C12H17BrN6O/c1-3-4-5-18-7-19-11(14-8(17-19)6-20-2)9-10(18)16-12(13)15-9/h3-7H2,1-2H3,(H,15,16). The van der Waals surface area contributed by atoms with Crippen molar-refractivity contribution < 1.29 is 4.74 Å². The second-order valence-electron chi connectivity index (χ2n) is 4.77. The molecule has 1 N–H and O–H groups in total. The Hall–Kier alpha value is -1.41. The molecule has 0 amide bonds. The van der Waals surface area contributed by atoms with Crippen LogP contribution in [-0.4, -0.2) is 38.4 Å². The largest absolute Gasteiger partial charge is 0.377 e. The molecule has 0 spiro atoms. The molecule has 3 rings (SSSR count).